The summed E-state index contributed by atoms with van der Waals surface area (Å²) in [6, 6.07) is 0. The molecule has 2 rings (SSSR count). The van der Waals surface area contributed by atoms with E-state index in [1.165, 1.54) is 0 Å². The highest BCUT2D eigenvalue weighted by Gasteiger charge is 2.23. The molecule has 0 bridgehead atoms. The van der Waals surface area contributed by atoms with Crippen LogP contribution in [0.25, 0.3) is 0 Å². The average molecular weight is 264 g/mol. The zero-order valence-electron chi connectivity index (χ0n) is 12.3. The molecule has 1 aliphatic heterocycles. The first-order valence-corrected chi connectivity index (χ1v) is 6.81. The first-order chi connectivity index (χ1) is 8.98. The summed E-state index contributed by atoms with van der Waals surface area (Å²) in [5.41, 5.74) is 1.07. The number of rotatable bonds is 4. The van der Waals surface area contributed by atoms with Crippen LogP contribution >= 0.6 is 0 Å². The Labute approximate surface area is 115 Å². The van der Waals surface area contributed by atoms with Crippen LogP contribution in [-0.4, -0.2) is 41.8 Å². The van der Waals surface area contributed by atoms with Crippen molar-refractivity contribution in [1.82, 2.24) is 15.3 Å². The molecule has 1 atom stereocenters. The van der Waals surface area contributed by atoms with E-state index in [4.69, 9.17) is 4.74 Å². The molecule has 2 heterocycles. The number of hydrogen-bond donors (Lipinski definition) is 1. The molecular formula is C14H24N4O. The van der Waals surface area contributed by atoms with Crippen LogP contribution < -0.4 is 10.2 Å². The SMILES string of the molecule is COC1CCN(c2cnc(CNC(C)(C)C)cn2)C1. The second kappa shape index (κ2) is 5.84. The number of nitrogens with one attached hydrogen (secondary N) is 1. The minimum Gasteiger partial charge on any atom is -0.380 e. The van der Waals surface area contributed by atoms with Gasteiger partial charge in [-0.3, -0.25) is 4.98 Å². The summed E-state index contributed by atoms with van der Waals surface area (Å²) in [6.45, 7) is 9.08. The fourth-order valence-electron chi connectivity index (χ4n) is 2.09. The summed E-state index contributed by atoms with van der Waals surface area (Å²) in [7, 11) is 1.76. The lowest BCUT2D eigenvalue weighted by Gasteiger charge is -2.20. The summed E-state index contributed by atoms with van der Waals surface area (Å²) in [5.74, 6) is 0.944. The molecular weight excluding hydrogens is 240 g/mol. The largest absolute Gasteiger partial charge is 0.380 e. The van der Waals surface area contributed by atoms with Gasteiger partial charge in [0.2, 0.25) is 0 Å². The minimum absolute atomic E-state index is 0.0982. The van der Waals surface area contributed by atoms with Crippen molar-refractivity contribution in [3.8, 4) is 0 Å². The molecule has 19 heavy (non-hydrogen) atoms. The molecule has 1 saturated heterocycles. The van der Waals surface area contributed by atoms with Crippen molar-refractivity contribution < 1.29 is 4.74 Å². The summed E-state index contributed by atoms with van der Waals surface area (Å²) >= 11 is 0. The van der Waals surface area contributed by atoms with Crippen LogP contribution in [0.5, 0.6) is 0 Å². The van der Waals surface area contributed by atoms with E-state index >= 15 is 0 Å². The zero-order chi connectivity index (χ0) is 13.9. The van der Waals surface area contributed by atoms with E-state index in [9.17, 15) is 0 Å². The topological polar surface area (TPSA) is 50.3 Å². The number of hydrogen-bond acceptors (Lipinski definition) is 5. The van der Waals surface area contributed by atoms with Gasteiger partial charge in [0.05, 0.1) is 24.2 Å². The molecule has 5 heteroatoms. The maximum atomic E-state index is 5.36. The van der Waals surface area contributed by atoms with Crippen molar-refractivity contribution in [1.29, 1.82) is 0 Å². The smallest absolute Gasteiger partial charge is 0.147 e. The van der Waals surface area contributed by atoms with Gasteiger partial charge in [0, 0.05) is 32.3 Å². The molecule has 0 radical (unpaired) electrons. The number of nitrogens with zero attached hydrogens (tertiary/aromatic N) is 3. The molecule has 0 spiro atoms. The second-order valence-electron chi connectivity index (χ2n) is 6.06. The monoisotopic (exact) mass is 264 g/mol. The minimum atomic E-state index is 0.0982. The van der Waals surface area contributed by atoms with Crippen LogP contribution in [0.2, 0.25) is 0 Å². The molecule has 0 amide bonds. The van der Waals surface area contributed by atoms with Gasteiger partial charge in [-0.2, -0.15) is 0 Å². The average Bonchev–Trinajstić information content (AvgIpc) is 2.85. The Morgan fingerprint density at radius 3 is 2.68 bits per heavy atom. The third kappa shape index (κ3) is 4.14. The Morgan fingerprint density at radius 2 is 2.16 bits per heavy atom. The molecule has 1 unspecified atom stereocenters. The van der Waals surface area contributed by atoms with Crippen LogP contribution in [0.1, 0.15) is 32.9 Å². The van der Waals surface area contributed by atoms with Gasteiger partial charge in [-0.15, -0.1) is 0 Å². The summed E-state index contributed by atoms with van der Waals surface area (Å²) in [6.07, 6.45) is 5.10. The number of methoxy groups -OCH3 is 1. The molecule has 1 aromatic heterocycles. The highest BCUT2D eigenvalue weighted by molar-refractivity contribution is 5.37. The van der Waals surface area contributed by atoms with E-state index in [2.05, 4.69) is 41.0 Å². The molecule has 0 aliphatic carbocycles. The van der Waals surface area contributed by atoms with Crippen LogP contribution in [0.4, 0.5) is 5.82 Å². The quantitative estimate of drug-likeness (QED) is 0.895. The van der Waals surface area contributed by atoms with Gasteiger partial charge >= 0.3 is 0 Å². The highest BCUT2D eigenvalue weighted by Crippen LogP contribution is 2.18. The normalized spacial score (nSPS) is 20.0. The lowest BCUT2D eigenvalue weighted by atomic mass is 10.1. The number of ether oxygens (including phenoxy) is 1. The molecule has 1 fully saturated rings. The van der Waals surface area contributed by atoms with Crippen molar-refractivity contribution in [2.45, 2.75) is 45.4 Å². The molecule has 1 N–H and O–H groups in total. The standard InChI is InChI=1S/C14H24N4O/c1-14(2,3)17-8-11-7-16-13(9-15-11)18-6-5-12(10-18)19-4/h7,9,12,17H,5-6,8,10H2,1-4H3. The number of anilines is 1. The molecule has 0 aromatic carbocycles. The van der Waals surface area contributed by atoms with Gasteiger partial charge in [0.25, 0.3) is 0 Å². The van der Waals surface area contributed by atoms with E-state index < -0.39 is 0 Å². The van der Waals surface area contributed by atoms with Crippen LogP contribution in [0.15, 0.2) is 12.4 Å². The maximum Gasteiger partial charge on any atom is 0.147 e. The van der Waals surface area contributed by atoms with Crippen molar-refractivity contribution in [2.75, 3.05) is 25.1 Å². The summed E-state index contributed by atoms with van der Waals surface area (Å²) in [5, 5.41) is 3.41. The third-order valence-corrected chi connectivity index (χ3v) is 3.29. The van der Waals surface area contributed by atoms with E-state index in [-0.39, 0.29) is 5.54 Å². The molecule has 106 valence electrons. The Morgan fingerprint density at radius 1 is 1.37 bits per heavy atom. The third-order valence-electron chi connectivity index (χ3n) is 3.29. The van der Waals surface area contributed by atoms with Crippen molar-refractivity contribution >= 4 is 5.82 Å². The highest BCUT2D eigenvalue weighted by atomic mass is 16.5. The predicted octanol–water partition coefficient (Wildman–Crippen LogP) is 1.59. The van der Waals surface area contributed by atoms with Gasteiger partial charge in [0.1, 0.15) is 5.82 Å². The Balaban J connectivity index is 1.92. The van der Waals surface area contributed by atoms with Gasteiger partial charge < -0.3 is 15.0 Å². The molecule has 0 saturated carbocycles. The van der Waals surface area contributed by atoms with Crippen LogP contribution in [0.3, 0.4) is 0 Å². The lowest BCUT2D eigenvalue weighted by molar-refractivity contribution is 0.121. The Hall–Kier alpha value is -1.20. The first-order valence-electron chi connectivity index (χ1n) is 6.81. The van der Waals surface area contributed by atoms with Crippen LogP contribution in [0, 0.1) is 0 Å². The zero-order valence-corrected chi connectivity index (χ0v) is 12.3. The summed E-state index contributed by atoms with van der Waals surface area (Å²) in [4.78, 5) is 11.2. The summed E-state index contributed by atoms with van der Waals surface area (Å²) < 4.78 is 5.36. The van der Waals surface area contributed by atoms with Gasteiger partial charge in [-0.05, 0) is 27.2 Å². The Kier molecular flexibility index (Phi) is 4.37. The van der Waals surface area contributed by atoms with E-state index in [0.717, 1.165) is 37.6 Å². The van der Waals surface area contributed by atoms with Crippen molar-refractivity contribution in [2.24, 2.45) is 0 Å². The van der Waals surface area contributed by atoms with Crippen molar-refractivity contribution in [3.63, 3.8) is 0 Å². The fourth-order valence-corrected chi connectivity index (χ4v) is 2.09. The van der Waals surface area contributed by atoms with E-state index in [1.807, 2.05) is 12.4 Å². The maximum absolute atomic E-state index is 5.36. The molecule has 1 aromatic rings. The fraction of sp³-hybridized carbons (Fsp3) is 0.714. The van der Waals surface area contributed by atoms with E-state index in [0.29, 0.717) is 6.10 Å². The first kappa shape index (κ1) is 14.2. The second-order valence-corrected chi connectivity index (χ2v) is 6.06. The van der Waals surface area contributed by atoms with Crippen molar-refractivity contribution in [3.05, 3.63) is 18.1 Å². The molecule has 5 nitrogen and oxygen atoms in total. The molecule has 1 aliphatic rings. The Bertz CT molecular complexity index is 399. The van der Waals surface area contributed by atoms with Gasteiger partial charge in [-0.1, -0.05) is 0 Å². The van der Waals surface area contributed by atoms with Gasteiger partial charge in [-0.25, -0.2) is 4.98 Å². The van der Waals surface area contributed by atoms with E-state index in [1.54, 1.807) is 7.11 Å². The van der Waals surface area contributed by atoms with Crippen LogP contribution in [-0.2, 0) is 11.3 Å². The lowest BCUT2D eigenvalue weighted by Crippen LogP contribution is -2.35. The predicted molar refractivity (Wildman–Crippen MR) is 76.3 cm³/mol. The van der Waals surface area contributed by atoms with Gasteiger partial charge in [0.15, 0.2) is 0 Å². The number of aromatic nitrogens is 2.